The van der Waals surface area contributed by atoms with Crippen LogP contribution in [0.3, 0.4) is 0 Å². The van der Waals surface area contributed by atoms with E-state index in [1.54, 1.807) is 24.3 Å². The van der Waals surface area contributed by atoms with E-state index >= 15 is 0 Å². The van der Waals surface area contributed by atoms with Crippen LogP contribution < -0.4 is 10.4 Å². The Morgan fingerprint density at radius 3 is 2.41 bits per heavy atom. The summed E-state index contributed by atoms with van der Waals surface area (Å²) in [5.74, 6) is -1.61. The average molecular weight is 366 g/mol. The largest absolute Gasteiger partial charge is 0.457 e. The first-order valence-electron chi connectivity index (χ1n) is 8.00. The van der Waals surface area contributed by atoms with Gasteiger partial charge in [-0.3, -0.25) is 15.0 Å². The molecule has 3 aromatic rings. The number of carbonyl (C=O) groups is 2. The lowest BCUT2D eigenvalue weighted by Crippen LogP contribution is -2.35. The molecule has 5 nitrogen and oxygen atoms in total. The van der Waals surface area contributed by atoms with Gasteiger partial charge >= 0.3 is 0 Å². The molecular weight excluding hydrogens is 354 g/mol. The zero-order chi connectivity index (χ0) is 19.0. The molecule has 2 aromatic carbocycles. The summed E-state index contributed by atoms with van der Waals surface area (Å²) < 4.78 is 32.4. The molecule has 0 unspecified atom stereocenters. The molecule has 0 spiro atoms. The van der Waals surface area contributed by atoms with Gasteiger partial charge in [-0.1, -0.05) is 12.1 Å². The van der Waals surface area contributed by atoms with Crippen molar-refractivity contribution in [1.29, 1.82) is 0 Å². The molecule has 2 amide bonds. The van der Waals surface area contributed by atoms with Gasteiger partial charge in [-0.15, -0.1) is 0 Å². The summed E-state index contributed by atoms with van der Waals surface area (Å²) in [5, 5.41) is 1.02. The van der Waals surface area contributed by atoms with Gasteiger partial charge in [0.05, 0.1) is 11.3 Å². The zero-order valence-electron chi connectivity index (χ0n) is 13.8. The Bertz CT molecular complexity index is 1070. The number of hydrogen-bond donors (Lipinski definition) is 1. The van der Waals surface area contributed by atoms with Crippen LogP contribution in [0.2, 0.25) is 0 Å². The molecule has 0 bridgehead atoms. The minimum atomic E-state index is -0.617. The molecule has 1 saturated heterocycles. The van der Waals surface area contributed by atoms with Crippen molar-refractivity contribution in [3.8, 4) is 11.3 Å². The van der Waals surface area contributed by atoms with Crippen molar-refractivity contribution in [2.24, 2.45) is 0 Å². The van der Waals surface area contributed by atoms with Crippen LogP contribution in [0.15, 0.2) is 70.7 Å². The molecule has 4 rings (SSSR count). The molecule has 1 aromatic heterocycles. The van der Waals surface area contributed by atoms with Crippen molar-refractivity contribution in [3.63, 3.8) is 0 Å². The second-order valence-corrected chi connectivity index (χ2v) is 5.80. The lowest BCUT2D eigenvalue weighted by Gasteiger charge is -2.14. The monoisotopic (exact) mass is 366 g/mol. The van der Waals surface area contributed by atoms with Crippen LogP contribution in [0, 0.1) is 11.6 Å². The van der Waals surface area contributed by atoms with E-state index in [9.17, 15) is 18.4 Å². The molecular formula is C20H12F2N2O3. The Kier molecular flexibility index (Phi) is 4.04. The van der Waals surface area contributed by atoms with Gasteiger partial charge in [0.15, 0.2) is 0 Å². The minimum absolute atomic E-state index is 0.145. The van der Waals surface area contributed by atoms with E-state index in [-0.39, 0.29) is 22.7 Å². The van der Waals surface area contributed by atoms with Crippen LogP contribution >= 0.6 is 0 Å². The Balaban J connectivity index is 1.63. The van der Waals surface area contributed by atoms with E-state index in [0.717, 1.165) is 5.01 Å². The Labute approximate surface area is 152 Å². The predicted molar refractivity (Wildman–Crippen MR) is 94.1 cm³/mol. The highest BCUT2D eigenvalue weighted by Crippen LogP contribution is 2.27. The van der Waals surface area contributed by atoms with Gasteiger partial charge in [0.25, 0.3) is 11.8 Å². The lowest BCUT2D eigenvalue weighted by molar-refractivity contribution is -0.117. The smallest absolute Gasteiger partial charge is 0.282 e. The number of anilines is 1. The Morgan fingerprint density at radius 1 is 0.926 bits per heavy atom. The maximum atomic E-state index is 13.9. The van der Waals surface area contributed by atoms with Crippen LogP contribution in [0.5, 0.6) is 0 Å². The SMILES string of the molecule is O=C1NN(c2ccc(F)cc2)C(=O)/C1=C/c1ccc(-c2ccccc2F)o1. The molecule has 0 aliphatic carbocycles. The maximum absolute atomic E-state index is 13.9. The zero-order valence-corrected chi connectivity index (χ0v) is 13.8. The van der Waals surface area contributed by atoms with E-state index in [2.05, 4.69) is 5.43 Å². The number of furan rings is 1. The minimum Gasteiger partial charge on any atom is -0.457 e. The number of hydrogen-bond acceptors (Lipinski definition) is 3. The van der Waals surface area contributed by atoms with Gasteiger partial charge in [0.1, 0.15) is 28.7 Å². The highest BCUT2D eigenvalue weighted by atomic mass is 19.1. The fraction of sp³-hybridized carbons (Fsp3) is 0. The summed E-state index contributed by atoms with van der Waals surface area (Å²) in [4.78, 5) is 24.7. The van der Waals surface area contributed by atoms with Crippen molar-refractivity contribution in [2.45, 2.75) is 0 Å². The number of halogens is 2. The van der Waals surface area contributed by atoms with Crippen molar-refractivity contribution < 1.29 is 22.8 Å². The van der Waals surface area contributed by atoms with Gasteiger partial charge in [0, 0.05) is 0 Å². The van der Waals surface area contributed by atoms with Gasteiger partial charge in [-0.2, -0.15) is 0 Å². The first kappa shape index (κ1) is 16.7. The van der Waals surface area contributed by atoms with Gasteiger partial charge in [-0.05, 0) is 54.6 Å². The number of benzene rings is 2. The molecule has 1 fully saturated rings. The predicted octanol–water partition coefficient (Wildman–Crippen LogP) is 3.69. The second-order valence-electron chi connectivity index (χ2n) is 5.80. The van der Waals surface area contributed by atoms with Crippen molar-refractivity contribution in [3.05, 3.63) is 83.6 Å². The van der Waals surface area contributed by atoms with E-state index in [0.29, 0.717) is 5.69 Å². The van der Waals surface area contributed by atoms with Crippen LogP contribution in [0.25, 0.3) is 17.4 Å². The van der Waals surface area contributed by atoms with Gasteiger partial charge in [-0.25, -0.2) is 13.8 Å². The summed E-state index contributed by atoms with van der Waals surface area (Å²) in [6.45, 7) is 0. The quantitative estimate of drug-likeness (QED) is 0.568. The van der Waals surface area contributed by atoms with Crippen LogP contribution in [0.1, 0.15) is 5.76 Å². The van der Waals surface area contributed by atoms with E-state index in [4.69, 9.17) is 4.42 Å². The fourth-order valence-electron chi connectivity index (χ4n) is 2.71. The van der Waals surface area contributed by atoms with Crippen LogP contribution in [0.4, 0.5) is 14.5 Å². The Hall–Kier alpha value is -3.74. The molecule has 0 atom stereocenters. The molecule has 0 saturated carbocycles. The third-order valence-electron chi connectivity index (χ3n) is 4.03. The summed E-state index contributed by atoms with van der Waals surface area (Å²) in [5.41, 5.74) is 2.86. The summed E-state index contributed by atoms with van der Waals surface area (Å²) in [6.07, 6.45) is 1.28. The average Bonchev–Trinajstić information content (AvgIpc) is 3.23. The number of carbonyl (C=O) groups excluding carboxylic acids is 2. The molecule has 1 aliphatic rings. The highest BCUT2D eigenvalue weighted by molar-refractivity contribution is 6.31. The normalized spacial score (nSPS) is 15.5. The summed E-state index contributed by atoms with van der Waals surface area (Å²) in [6, 6.07) is 14.3. The van der Waals surface area contributed by atoms with Crippen molar-refractivity contribution in [1.82, 2.24) is 5.43 Å². The molecule has 0 radical (unpaired) electrons. The lowest BCUT2D eigenvalue weighted by atomic mass is 10.1. The first-order chi connectivity index (χ1) is 13.0. The summed E-state index contributed by atoms with van der Waals surface area (Å²) in [7, 11) is 0. The third-order valence-corrected chi connectivity index (χ3v) is 4.03. The Morgan fingerprint density at radius 2 is 1.67 bits per heavy atom. The van der Waals surface area contributed by atoms with E-state index in [1.165, 1.54) is 42.5 Å². The van der Waals surface area contributed by atoms with Gasteiger partial charge in [0.2, 0.25) is 0 Å². The van der Waals surface area contributed by atoms with Gasteiger partial charge < -0.3 is 4.42 Å². The number of amides is 2. The number of nitrogens with zero attached hydrogens (tertiary/aromatic N) is 1. The highest BCUT2D eigenvalue weighted by Gasteiger charge is 2.34. The van der Waals surface area contributed by atoms with Crippen molar-refractivity contribution in [2.75, 3.05) is 5.01 Å². The van der Waals surface area contributed by atoms with E-state index in [1.807, 2.05) is 0 Å². The van der Waals surface area contributed by atoms with E-state index < -0.39 is 23.4 Å². The second kappa shape index (κ2) is 6.53. The number of hydrazine groups is 1. The molecule has 27 heavy (non-hydrogen) atoms. The standard InChI is InChI=1S/C20H12F2N2O3/c21-12-5-7-13(8-6-12)24-20(26)16(19(25)23-24)11-14-9-10-18(27-14)15-3-1-2-4-17(15)22/h1-11H,(H,23,25)/b16-11+. The number of nitrogens with one attached hydrogen (secondary N) is 1. The first-order valence-corrected chi connectivity index (χ1v) is 8.00. The molecule has 134 valence electrons. The van der Waals surface area contributed by atoms with Crippen LogP contribution in [-0.4, -0.2) is 11.8 Å². The molecule has 7 heteroatoms. The van der Waals surface area contributed by atoms with Crippen LogP contribution in [-0.2, 0) is 9.59 Å². The molecule has 1 aliphatic heterocycles. The molecule has 2 heterocycles. The summed E-state index contributed by atoms with van der Waals surface area (Å²) >= 11 is 0. The number of rotatable bonds is 3. The third kappa shape index (κ3) is 3.10. The fourth-order valence-corrected chi connectivity index (χ4v) is 2.71. The van der Waals surface area contributed by atoms with Crippen molar-refractivity contribution >= 4 is 23.6 Å². The topological polar surface area (TPSA) is 62.6 Å². The maximum Gasteiger partial charge on any atom is 0.282 e. The molecule has 1 N–H and O–H groups in total.